The van der Waals surface area contributed by atoms with Gasteiger partial charge in [-0.2, -0.15) is 0 Å². The molecule has 0 saturated carbocycles. The van der Waals surface area contributed by atoms with Crippen molar-refractivity contribution in [2.45, 2.75) is 51.7 Å². The lowest BCUT2D eigenvalue weighted by atomic mass is 10.1. The molecule has 27 heavy (non-hydrogen) atoms. The van der Waals surface area contributed by atoms with Crippen LogP contribution in [0.3, 0.4) is 0 Å². The second-order valence-corrected chi connectivity index (χ2v) is 9.43. The summed E-state index contributed by atoms with van der Waals surface area (Å²) in [6.45, 7) is 6.90. The summed E-state index contributed by atoms with van der Waals surface area (Å²) in [5.74, 6) is 0.630. The third-order valence-electron chi connectivity index (χ3n) is 4.15. The van der Waals surface area contributed by atoms with Gasteiger partial charge < -0.3 is 14.4 Å². The Kier molecular flexibility index (Phi) is 6.27. The molecule has 7 heteroatoms. The Balaban J connectivity index is 1.52. The van der Waals surface area contributed by atoms with Crippen LogP contribution in [0.25, 0.3) is 0 Å². The average molecular weight is 409 g/mol. The molecule has 5 nitrogen and oxygen atoms in total. The molecule has 0 bridgehead atoms. The quantitative estimate of drug-likeness (QED) is 0.700. The van der Waals surface area contributed by atoms with E-state index in [1.807, 2.05) is 51.1 Å². The van der Waals surface area contributed by atoms with E-state index in [-0.39, 0.29) is 12.2 Å². The number of nitrogens with zero attached hydrogens (tertiary/aromatic N) is 2. The van der Waals surface area contributed by atoms with E-state index in [1.165, 1.54) is 4.88 Å². The number of piperidine rings is 1. The number of pyridine rings is 1. The van der Waals surface area contributed by atoms with Crippen LogP contribution < -0.4 is 4.74 Å². The Morgan fingerprint density at radius 3 is 2.63 bits per heavy atom. The molecule has 1 fully saturated rings. The fraction of sp³-hybridized carbons (Fsp3) is 0.500. The zero-order valence-corrected chi connectivity index (χ0v) is 17.5. The van der Waals surface area contributed by atoms with Gasteiger partial charge >= 0.3 is 6.09 Å². The first-order valence-corrected chi connectivity index (χ1v) is 10.3. The van der Waals surface area contributed by atoms with Gasteiger partial charge in [0.1, 0.15) is 11.7 Å². The van der Waals surface area contributed by atoms with Gasteiger partial charge in [0.25, 0.3) is 0 Å². The second-order valence-electron chi connectivity index (χ2n) is 7.63. The van der Waals surface area contributed by atoms with Gasteiger partial charge in [0, 0.05) is 49.0 Å². The van der Waals surface area contributed by atoms with Crippen molar-refractivity contribution in [2.75, 3.05) is 13.1 Å². The smallest absolute Gasteiger partial charge is 0.410 e. The Morgan fingerprint density at radius 1 is 1.26 bits per heavy atom. The van der Waals surface area contributed by atoms with Gasteiger partial charge in [-0.15, -0.1) is 11.3 Å². The van der Waals surface area contributed by atoms with E-state index in [2.05, 4.69) is 4.98 Å². The van der Waals surface area contributed by atoms with Crippen LogP contribution in [0.15, 0.2) is 30.3 Å². The summed E-state index contributed by atoms with van der Waals surface area (Å²) in [6, 6.07) is 9.76. The third kappa shape index (κ3) is 6.11. The SMILES string of the molecule is CC(C)(C)OC(=O)N1CCC(Oc2cccc(Cc3ccc(Cl)s3)n2)CC1. The van der Waals surface area contributed by atoms with E-state index in [0.29, 0.717) is 19.0 Å². The zero-order chi connectivity index (χ0) is 19.4. The predicted octanol–water partition coefficient (Wildman–Crippen LogP) is 5.17. The molecule has 0 N–H and O–H groups in total. The highest BCUT2D eigenvalue weighted by Gasteiger charge is 2.27. The van der Waals surface area contributed by atoms with Crippen LogP contribution in [0.4, 0.5) is 4.79 Å². The zero-order valence-electron chi connectivity index (χ0n) is 15.9. The van der Waals surface area contributed by atoms with Crippen LogP contribution in [0.1, 0.15) is 44.2 Å². The number of thiophene rings is 1. The summed E-state index contributed by atoms with van der Waals surface area (Å²) in [4.78, 5) is 19.7. The number of aromatic nitrogens is 1. The number of hydrogen-bond donors (Lipinski definition) is 0. The van der Waals surface area contributed by atoms with Gasteiger partial charge in [0.2, 0.25) is 5.88 Å². The number of carbonyl (C=O) groups is 1. The molecule has 0 unspecified atom stereocenters. The van der Waals surface area contributed by atoms with Crippen molar-refractivity contribution in [3.63, 3.8) is 0 Å². The number of hydrogen-bond acceptors (Lipinski definition) is 5. The molecule has 2 aromatic rings. The summed E-state index contributed by atoms with van der Waals surface area (Å²) >= 11 is 7.56. The maximum atomic E-state index is 12.1. The van der Waals surface area contributed by atoms with Crippen LogP contribution in [-0.2, 0) is 11.2 Å². The molecular formula is C20H25ClN2O3S. The van der Waals surface area contributed by atoms with Crippen LogP contribution >= 0.6 is 22.9 Å². The van der Waals surface area contributed by atoms with E-state index in [1.54, 1.807) is 16.2 Å². The lowest BCUT2D eigenvalue weighted by molar-refractivity contribution is 0.0123. The highest BCUT2D eigenvalue weighted by atomic mass is 35.5. The van der Waals surface area contributed by atoms with E-state index in [0.717, 1.165) is 29.3 Å². The highest BCUT2D eigenvalue weighted by molar-refractivity contribution is 7.16. The summed E-state index contributed by atoms with van der Waals surface area (Å²) in [5.41, 5.74) is 0.485. The fourth-order valence-electron chi connectivity index (χ4n) is 2.90. The second kappa shape index (κ2) is 8.48. The van der Waals surface area contributed by atoms with Crippen molar-refractivity contribution in [2.24, 2.45) is 0 Å². The molecule has 0 aliphatic carbocycles. The Bertz CT molecular complexity index is 780. The van der Waals surface area contributed by atoms with Gasteiger partial charge in [-0.05, 0) is 39.0 Å². The van der Waals surface area contributed by atoms with Gasteiger partial charge in [0.15, 0.2) is 0 Å². The molecule has 1 amide bonds. The third-order valence-corrected chi connectivity index (χ3v) is 5.38. The molecule has 2 aromatic heterocycles. The van der Waals surface area contributed by atoms with Crippen molar-refractivity contribution in [3.05, 3.63) is 45.2 Å². The van der Waals surface area contributed by atoms with Crippen molar-refractivity contribution in [3.8, 4) is 5.88 Å². The standard InChI is InChI=1S/C20H25ClN2O3S/c1-20(2,3)26-19(24)23-11-9-15(10-12-23)25-18-6-4-5-14(22-18)13-16-7-8-17(21)27-16/h4-8,15H,9-13H2,1-3H3. The first-order chi connectivity index (χ1) is 12.8. The summed E-state index contributed by atoms with van der Waals surface area (Å²) in [7, 11) is 0. The molecule has 3 rings (SSSR count). The van der Waals surface area contributed by atoms with Gasteiger partial charge in [0.05, 0.1) is 4.34 Å². The van der Waals surface area contributed by atoms with Crippen molar-refractivity contribution >= 4 is 29.0 Å². The highest BCUT2D eigenvalue weighted by Crippen LogP contribution is 2.24. The Hall–Kier alpha value is -1.79. The molecule has 1 saturated heterocycles. The molecule has 0 atom stereocenters. The van der Waals surface area contributed by atoms with Gasteiger partial charge in [-0.3, -0.25) is 0 Å². The van der Waals surface area contributed by atoms with Crippen molar-refractivity contribution < 1.29 is 14.3 Å². The van der Waals surface area contributed by atoms with Crippen molar-refractivity contribution in [1.29, 1.82) is 0 Å². The van der Waals surface area contributed by atoms with Gasteiger partial charge in [-0.25, -0.2) is 9.78 Å². The summed E-state index contributed by atoms with van der Waals surface area (Å²) in [5, 5.41) is 0. The first kappa shape index (κ1) is 20.0. The van der Waals surface area contributed by atoms with E-state index in [9.17, 15) is 4.79 Å². The molecular weight excluding hydrogens is 384 g/mol. The number of rotatable bonds is 4. The minimum atomic E-state index is -0.471. The van der Waals surface area contributed by atoms with E-state index < -0.39 is 5.60 Å². The fourth-order valence-corrected chi connectivity index (χ4v) is 4.00. The number of ether oxygens (including phenoxy) is 2. The molecule has 146 valence electrons. The maximum Gasteiger partial charge on any atom is 0.410 e. The molecule has 0 spiro atoms. The van der Waals surface area contributed by atoms with Crippen LogP contribution in [0.2, 0.25) is 4.34 Å². The monoisotopic (exact) mass is 408 g/mol. The Morgan fingerprint density at radius 2 is 2.00 bits per heavy atom. The largest absolute Gasteiger partial charge is 0.474 e. The number of likely N-dealkylation sites (tertiary alicyclic amines) is 1. The minimum Gasteiger partial charge on any atom is -0.474 e. The number of halogens is 1. The topological polar surface area (TPSA) is 51.7 Å². The normalized spacial score (nSPS) is 15.6. The summed E-state index contributed by atoms with van der Waals surface area (Å²) in [6.07, 6.45) is 2.08. The Labute approximate surface area is 169 Å². The first-order valence-electron chi connectivity index (χ1n) is 9.13. The molecule has 0 radical (unpaired) electrons. The van der Waals surface area contributed by atoms with E-state index >= 15 is 0 Å². The van der Waals surface area contributed by atoms with E-state index in [4.69, 9.17) is 21.1 Å². The maximum absolute atomic E-state index is 12.1. The molecule has 1 aliphatic heterocycles. The van der Waals surface area contributed by atoms with Crippen molar-refractivity contribution in [1.82, 2.24) is 9.88 Å². The molecule has 0 aromatic carbocycles. The van der Waals surface area contributed by atoms with Crippen LogP contribution in [-0.4, -0.2) is 40.8 Å². The minimum absolute atomic E-state index is 0.0580. The van der Waals surface area contributed by atoms with Crippen LogP contribution in [0.5, 0.6) is 5.88 Å². The number of amides is 1. The van der Waals surface area contributed by atoms with Crippen LogP contribution in [0, 0.1) is 0 Å². The number of carbonyl (C=O) groups excluding carboxylic acids is 1. The van der Waals surface area contributed by atoms with Gasteiger partial charge in [-0.1, -0.05) is 17.7 Å². The summed E-state index contributed by atoms with van der Waals surface area (Å²) < 4.78 is 12.3. The molecule has 3 heterocycles. The average Bonchev–Trinajstić information content (AvgIpc) is 2.99. The lowest BCUT2D eigenvalue weighted by Gasteiger charge is -2.33. The lowest BCUT2D eigenvalue weighted by Crippen LogP contribution is -2.44. The predicted molar refractivity (Wildman–Crippen MR) is 108 cm³/mol. The molecule has 1 aliphatic rings.